The minimum Gasteiger partial charge on any atom is -0.299 e. The standard InChI is InChI=1S/C13H16O/c1-2-3-7-12-8-4-5-9-13(12)10-6-11-14/h4-6,8-11H,2-3,7H2,1H3. The third-order valence-electron chi connectivity index (χ3n) is 2.21. The van der Waals surface area contributed by atoms with Crippen molar-refractivity contribution in [3.05, 3.63) is 41.5 Å². The number of unbranched alkanes of at least 4 members (excludes halogenated alkanes) is 1. The van der Waals surface area contributed by atoms with Crippen molar-refractivity contribution in [2.75, 3.05) is 0 Å². The zero-order valence-corrected chi connectivity index (χ0v) is 8.57. The molecule has 1 aromatic rings. The van der Waals surface area contributed by atoms with E-state index in [1.54, 1.807) is 6.08 Å². The van der Waals surface area contributed by atoms with E-state index in [1.165, 1.54) is 18.4 Å². The Labute approximate surface area is 85.5 Å². The van der Waals surface area contributed by atoms with Gasteiger partial charge in [-0.25, -0.2) is 0 Å². The smallest absolute Gasteiger partial charge is 0.142 e. The van der Waals surface area contributed by atoms with E-state index in [-0.39, 0.29) is 0 Å². The number of benzene rings is 1. The Morgan fingerprint density at radius 3 is 2.79 bits per heavy atom. The molecule has 0 aliphatic carbocycles. The summed E-state index contributed by atoms with van der Waals surface area (Å²) in [7, 11) is 0. The number of hydrogen-bond donors (Lipinski definition) is 0. The summed E-state index contributed by atoms with van der Waals surface area (Å²) in [5.41, 5.74) is 2.49. The zero-order chi connectivity index (χ0) is 10.2. The number of allylic oxidation sites excluding steroid dienone is 1. The molecule has 1 heteroatoms. The first-order chi connectivity index (χ1) is 6.88. The van der Waals surface area contributed by atoms with Gasteiger partial charge in [0.2, 0.25) is 0 Å². The minimum absolute atomic E-state index is 0.816. The largest absolute Gasteiger partial charge is 0.299 e. The molecule has 0 saturated heterocycles. The van der Waals surface area contributed by atoms with Gasteiger partial charge in [-0.3, -0.25) is 4.79 Å². The lowest BCUT2D eigenvalue weighted by Gasteiger charge is -2.03. The van der Waals surface area contributed by atoms with E-state index >= 15 is 0 Å². The predicted molar refractivity (Wildman–Crippen MR) is 60.2 cm³/mol. The van der Waals surface area contributed by atoms with Crippen LogP contribution in [0.5, 0.6) is 0 Å². The molecule has 0 saturated carbocycles. The highest BCUT2D eigenvalue weighted by atomic mass is 16.1. The fraction of sp³-hybridized carbons (Fsp3) is 0.308. The Balaban J connectivity index is 2.79. The van der Waals surface area contributed by atoms with Gasteiger partial charge < -0.3 is 0 Å². The Morgan fingerprint density at radius 2 is 2.07 bits per heavy atom. The first-order valence-electron chi connectivity index (χ1n) is 5.08. The molecule has 1 aromatic carbocycles. The monoisotopic (exact) mass is 188 g/mol. The Morgan fingerprint density at radius 1 is 1.29 bits per heavy atom. The van der Waals surface area contributed by atoms with Gasteiger partial charge in [-0.1, -0.05) is 43.7 Å². The van der Waals surface area contributed by atoms with Gasteiger partial charge in [-0.15, -0.1) is 0 Å². The lowest BCUT2D eigenvalue weighted by atomic mass is 10.0. The van der Waals surface area contributed by atoms with Crippen LogP contribution in [0.3, 0.4) is 0 Å². The number of hydrogen-bond acceptors (Lipinski definition) is 1. The van der Waals surface area contributed by atoms with Crippen molar-refractivity contribution in [1.29, 1.82) is 0 Å². The van der Waals surface area contributed by atoms with Crippen LogP contribution < -0.4 is 0 Å². The molecule has 0 fully saturated rings. The molecule has 0 amide bonds. The van der Waals surface area contributed by atoms with Gasteiger partial charge in [-0.2, -0.15) is 0 Å². The maximum atomic E-state index is 10.2. The molecule has 0 bridgehead atoms. The van der Waals surface area contributed by atoms with Crippen LogP contribution in [0.25, 0.3) is 6.08 Å². The van der Waals surface area contributed by atoms with Crippen molar-refractivity contribution in [2.45, 2.75) is 26.2 Å². The van der Waals surface area contributed by atoms with Crippen molar-refractivity contribution < 1.29 is 4.79 Å². The molecule has 74 valence electrons. The third-order valence-corrected chi connectivity index (χ3v) is 2.21. The third kappa shape index (κ3) is 3.17. The van der Waals surface area contributed by atoms with Gasteiger partial charge in [0.25, 0.3) is 0 Å². The fourth-order valence-corrected chi connectivity index (χ4v) is 1.43. The summed E-state index contributed by atoms with van der Waals surface area (Å²) in [4.78, 5) is 10.2. The zero-order valence-electron chi connectivity index (χ0n) is 8.57. The van der Waals surface area contributed by atoms with Crippen LogP contribution in [0.2, 0.25) is 0 Å². The fourth-order valence-electron chi connectivity index (χ4n) is 1.43. The minimum atomic E-state index is 0.816. The lowest BCUT2D eigenvalue weighted by molar-refractivity contribution is -0.104. The normalized spacial score (nSPS) is 10.6. The quantitative estimate of drug-likeness (QED) is 0.512. The second-order valence-electron chi connectivity index (χ2n) is 3.30. The van der Waals surface area contributed by atoms with E-state index in [0.717, 1.165) is 18.3 Å². The molecule has 0 aliphatic rings. The Bertz CT molecular complexity index is 313. The van der Waals surface area contributed by atoms with Crippen LogP contribution in [0, 0.1) is 0 Å². The van der Waals surface area contributed by atoms with Crippen molar-refractivity contribution in [2.24, 2.45) is 0 Å². The summed E-state index contributed by atoms with van der Waals surface area (Å²) < 4.78 is 0. The van der Waals surface area contributed by atoms with E-state index in [4.69, 9.17) is 0 Å². The van der Waals surface area contributed by atoms with Gasteiger partial charge in [-0.05, 0) is 30.0 Å². The highest BCUT2D eigenvalue weighted by Gasteiger charge is 1.96. The summed E-state index contributed by atoms with van der Waals surface area (Å²) in [6.45, 7) is 2.18. The van der Waals surface area contributed by atoms with E-state index < -0.39 is 0 Å². The van der Waals surface area contributed by atoms with Crippen molar-refractivity contribution in [1.82, 2.24) is 0 Å². The van der Waals surface area contributed by atoms with Crippen molar-refractivity contribution in [3.8, 4) is 0 Å². The second kappa shape index (κ2) is 6.14. The van der Waals surface area contributed by atoms with Gasteiger partial charge in [0.1, 0.15) is 6.29 Å². The average Bonchev–Trinajstić information content (AvgIpc) is 2.24. The number of rotatable bonds is 5. The van der Waals surface area contributed by atoms with Crippen LogP contribution >= 0.6 is 0 Å². The second-order valence-corrected chi connectivity index (χ2v) is 3.30. The van der Waals surface area contributed by atoms with Crippen molar-refractivity contribution in [3.63, 3.8) is 0 Å². The van der Waals surface area contributed by atoms with E-state index in [1.807, 2.05) is 24.3 Å². The summed E-state index contributed by atoms with van der Waals surface area (Å²) in [6, 6.07) is 8.22. The molecule has 0 heterocycles. The molecule has 0 radical (unpaired) electrons. The van der Waals surface area contributed by atoms with Gasteiger partial charge in [0, 0.05) is 0 Å². The first kappa shape index (κ1) is 10.7. The molecule has 0 unspecified atom stereocenters. The molecule has 0 spiro atoms. The average molecular weight is 188 g/mol. The van der Waals surface area contributed by atoms with E-state index in [0.29, 0.717) is 0 Å². The van der Waals surface area contributed by atoms with Crippen LogP contribution in [-0.4, -0.2) is 6.29 Å². The van der Waals surface area contributed by atoms with Crippen molar-refractivity contribution >= 4 is 12.4 Å². The van der Waals surface area contributed by atoms with Crippen LogP contribution in [0.15, 0.2) is 30.3 Å². The lowest BCUT2D eigenvalue weighted by Crippen LogP contribution is -1.88. The van der Waals surface area contributed by atoms with Crippen LogP contribution in [0.1, 0.15) is 30.9 Å². The molecule has 0 atom stereocenters. The summed E-state index contributed by atoms with van der Waals surface area (Å²) in [5, 5.41) is 0. The first-order valence-corrected chi connectivity index (χ1v) is 5.08. The van der Waals surface area contributed by atoms with Gasteiger partial charge in [0.05, 0.1) is 0 Å². The molecule has 14 heavy (non-hydrogen) atoms. The Kier molecular flexibility index (Phi) is 4.70. The Hall–Kier alpha value is -1.37. The maximum absolute atomic E-state index is 10.2. The summed E-state index contributed by atoms with van der Waals surface area (Å²) in [5.74, 6) is 0. The van der Waals surface area contributed by atoms with Gasteiger partial charge >= 0.3 is 0 Å². The van der Waals surface area contributed by atoms with Gasteiger partial charge in [0.15, 0.2) is 0 Å². The van der Waals surface area contributed by atoms with E-state index in [2.05, 4.69) is 13.0 Å². The topological polar surface area (TPSA) is 17.1 Å². The summed E-state index contributed by atoms with van der Waals surface area (Å²) >= 11 is 0. The molecule has 1 rings (SSSR count). The predicted octanol–water partition coefficient (Wildman–Crippen LogP) is 3.24. The molecule has 1 nitrogen and oxygen atoms in total. The van der Waals surface area contributed by atoms with Crippen LogP contribution in [-0.2, 0) is 11.2 Å². The highest BCUT2D eigenvalue weighted by molar-refractivity contribution is 5.74. The molecule has 0 aliphatic heterocycles. The number of aryl methyl sites for hydroxylation is 1. The molecule has 0 N–H and O–H groups in total. The number of carbonyl (C=O) groups excluding carboxylic acids is 1. The summed E-state index contributed by atoms with van der Waals surface area (Å²) in [6.07, 6.45) is 7.73. The number of carbonyl (C=O) groups is 1. The number of aldehydes is 1. The van der Waals surface area contributed by atoms with E-state index in [9.17, 15) is 4.79 Å². The van der Waals surface area contributed by atoms with Crippen LogP contribution in [0.4, 0.5) is 0 Å². The highest BCUT2D eigenvalue weighted by Crippen LogP contribution is 2.13. The molecular formula is C13H16O. The molecule has 0 aromatic heterocycles. The maximum Gasteiger partial charge on any atom is 0.142 e. The molecular weight excluding hydrogens is 172 g/mol. The SMILES string of the molecule is CCCCc1ccccc1C=CC=O.